The number of hydrogen-bond donors (Lipinski definition) is 1. The fraction of sp³-hybridized carbons (Fsp3) is 0.481. The number of amides is 2. The number of nitrogens with zero attached hydrogens (tertiary/aromatic N) is 1. The van der Waals surface area contributed by atoms with Crippen molar-refractivity contribution in [3.63, 3.8) is 0 Å². The van der Waals surface area contributed by atoms with E-state index < -0.39 is 6.04 Å². The molecule has 1 atom stereocenters. The molecule has 0 aromatic heterocycles. The fourth-order valence-corrected chi connectivity index (χ4v) is 4.28. The maximum Gasteiger partial charge on any atom is 0.242 e. The van der Waals surface area contributed by atoms with Crippen LogP contribution >= 0.6 is 0 Å². The lowest BCUT2D eigenvalue weighted by atomic mass is 10.0. The molecule has 1 saturated carbocycles. The second-order valence-corrected chi connectivity index (χ2v) is 8.78. The van der Waals surface area contributed by atoms with Crippen LogP contribution in [0.25, 0.3) is 0 Å². The van der Waals surface area contributed by atoms with Gasteiger partial charge in [-0.1, -0.05) is 68.3 Å². The molecule has 0 radical (unpaired) electrons. The van der Waals surface area contributed by atoms with Gasteiger partial charge in [-0.15, -0.1) is 0 Å². The monoisotopic (exact) mass is 420 g/mol. The predicted molar refractivity (Wildman–Crippen MR) is 126 cm³/mol. The molecule has 2 aromatic carbocycles. The summed E-state index contributed by atoms with van der Waals surface area (Å²) < 4.78 is 0. The maximum absolute atomic E-state index is 13.3. The zero-order valence-electron chi connectivity index (χ0n) is 19.2. The minimum Gasteiger partial charge on any atom is -0.352 e. The fourth-order valence-electron chi connectivity index (χ4n) is 4.28. The molecule has 1 fully saturated rings. The van der Waals surface area contributed by atoms with Gasteiger partial charge in [0, 0.05) is 19.0 Å². The van der Waals surface area contributed by atoms with Crippen molar-refractivity contribution in [2.75, 3.05) is 0 Å². The normalized spacial score (nSPS) is 14.9. The van der Waals surface area contributed by atoms with Gasteiger partial charge in [-0.3, -0.25) is 9.59 Å². The zero-order chi connectivity index (χ0) is 22.2. The molecular weight excluding hydrogens is 384 g/mol. The van der Waals surface area contributed by atoms with Crippen LogP contribution in [-0.4, -0.2) is 28.8 Å². The highest BCUT2D eigenvalue weighted by Gasteiger charge is 2.28. The van der Waals surface area contributed by atoms with Gasteiger partial charge in [-0.2, -0.15) is 0 Å². The first-order valence-corrected chi connectivity index (χ1v) is 11.7. The molecule has 2 amide bonds. The minimum absolute atomic E-state index is 0.0249. The van der Waals surface area contributed by atoms with Crippen LogP contribution in [0.1, 0.15) is 68.2 Å². The highest BCUT2D eigenvalue weighted by molar-refractivity contribution is 5.87. The number of nitrogens with one attached hydrogen (secondary N) is 1. The van der Waals surface area contributed by atoms with Gasteiger partial charge in [0.1, 0.15) is 6.04 Å². The Morgan fingerprint density at radius 3 is 2.32 bits per heavy atom. The Bertz CT molecular complexity index is 869. The average molecular weight is 421 g/mol. The van der Waals surface area contributed by atoms with Crippen LogP contribution in [0.4, 0.5) is 0 Å². The summed E-state index contributed by atoms with van der Waals surface area (Å²) in [6.45, 7) is 6.51. The molecule has 1 N–H and O–H groups in total. The van der Waals surface area contributed by atoms with Crippen molar-refractivity contribution in [3.8, 4) is 0 Å². The van der Waals surface area contributed by atoms with Crippen LogP contribution in [0.15, 0.2) is 48.5 Å². The molecule has 1 aliphatic carbocycles. The summed E-state index contributed by atoms with van der Waals surface area (Å²) in [4.78, 5) is 28.0. The number of carbonyl (C=O) groups excluding carboxylic acids is 2. The molecule has 0 unspecified atom stereocenters. The molecule has 0 saturated heterocycles. The van der Waals surface area contributed by atoms with E-state index in [4.69, 9.17) is 0 Å². The van der Waals surface area contributed by atoms with Gasteiger partial charge in [-0.05, 0) is 61.8 Å². The third-order valence-corrected chi connectivity index (χ3v) is 6.53. The van der Waals surface area contributed by atoms with E-state index in [1.54, 1.807) is 4.90 Å². The summed E-state index contributed by atoms with van der Waals surface area (Å²) in [6.07, 6.45) is 6.51. The second kappa shape index (κ2) is 11.1. The van der Waals surface area contributed by atoms with E-state index in [9.17, 15) is 9.59 Å². The Labute approximate surface area is 187 Å². The van der Waals surface area contributed by atoms with Crippen LogP contribution in [0.3, 0.4) is 0 Å². The van der Waals surface area contributed by atoms with Gasteiger partial charge >= 0.3 is 0 Å². The summed E-state index contributed by atoms with van der Waals surface area (Å²) in [6, 6.07) is 16.3. The summed E-state index contributed by atoms with van der Waals surface area (Å²) in [5.41, 5.74) is 4.68. The van der Waals surface area contributed by atoms with Crippen LogP contribution < -0.4 is 5.32 Å². The van der Waals surface area contributed by atoms with Gasteiger partial charge in [0.2, 0.25) is 11.8 Å². The van der Waals surface area contributed by atoms with Gasteiger partial charge < -0.3 is 10.2 Å². The zero-order valence-corrected chi connectivity index (χ0v) is 19.2. The number of aryl methyl sites for hydroxylation is 3. The standard InChI is InChI=1S/C27H36N2O2/c1-4-22-13-15-23(16-14-22)17-18-26(30)29(19-24-10-6-5-9-20(24)2)21(3)27(31)28-25-11-7-8-12-25/h5-6,9-10,13-16,21,25H,4,7-8,11-12,17-19H2,1-3H3,(H,28,31)/t21-/m0/s1. The number of hydrogen-bond acceptors (Lipinski definition) is 2. The second-order valence-electron chi connectivity index (χ2n) is 8.78. The van der Waals surface area contributed by atoms with E-state index in [1.165, 1.54) is 18.4 Å². The molecule has 31 heavy (non-hydrogen) atoms. The lowest BCUT2D eigenvalue weighted by Crippen LogP contribution is -2.49. The van der Waals surface area contributed by atoms with E-state index in [1.807, 2.05) is 25.1 Å². The van der Waals surface area contributed by atoms with E-state index in [0.29, 0.717) is 19.4 Å². The molecule has 3 rings (SSSR count). The predicted octanol–water partition coefficient (Wildman–Crippen LogP) is 4.97. The average Bonchev–Trinajstić information content (AvgIpc) is 3.30. The summed E-state index contributed by atoms with van der Waals surface area (Å²) >= 11 is 0. The molecule has 2 aromatic rings. The van der Waals surface area contributed by atoms with Crippen molar-refractivity contribution < 1.29 is 9.59 Å². The van der Waals surface area contributed by atoms with Crippen LogP contribution in [-0.2, 0) is 29.0 Å². The van der Waals surface area contributed by atoms with Crippen molar-refractivity contribution in [2.45, 2.75) is 84.3 Å². The van der Waals surface area contributed by atoms with E-state index >= 15 is 0 Å². The first kappa shape index (κ1) is 23.1. The minimum atomic E-state index is -0.491. The van der Waals surface area contributed by atoms with Crippen molar-refractivity contribution in [1.82, 2.24) is 10.2 Å². The summed E-state index contributed by atoms with van der Waals surface area (Å²) in [5, 5.41) is 3.17. The number of carbonyl (C=O) groups is 2. The molecule has 4 nitrogen and oxygen atoms in total. The molecule has 0 spiro atoms. The van der Waals surface area contributed by atoms with Gasteiger partial charge in [0.05, 0.1) is 0 Å². The van der Waals surface area contributed by atoms with Crippen molar-refractivity contribution in [3.05, 3.63) is 70.8 Å². The molecular formula is C27H36N2O2. The Kier molecular flexibility index (Phi) is 8.27. The smallest absolute Gasteiger partial charge is 0.242 e. The number of rotatable bonds is 9. The van der Waals surface area contributed by atoms with Gasteiger partial charge in [0.15, 0.2) is 0 Å². The SMILES string of the molecule is CCc1ccc(CCC(=O)N(Cc2ccccc2C)[C@@H](C)C(=O)NC2CCCC2)cc1. The molecule has 0 heterocycles. The van der Waals surface area contributed by atoms with Crippen molar-refractivity contribution in [2.24, 2.45) is 0 Å². The highest BCUT2D eigenvalue weighted by atomic mass is 16.2. The highest BCUT2D eigenvalue weighted by Crippen LogP contribution is 2.19. The molecule has 0 aliphatic heterocycles. The lowest BCUT2D eigenvalue weighted by Gasteiger charge is -2.30. The van der Waals surface area contributed by atoms with Gasteiger partial charge in [0.25, 0.3) is 0 Å². The van der Waals surface area contributed by atoms with Crippen LogP contribution in [0, 0.1) is 6.92 Å². The Hall–Kier alpha value is -2.62. The van der Waals surface area contributed by atoms with E-state index in [2.05, 4.69) is 49.5 Å². The third kappa shape index (κ3) is 6.43. The first-order valence-electron chi connectivity index (χ1n) is 11.7. The first-order chi connectivity index (χ1) is 15.0. The molecule has 1 aliphatic rings. The van der Waals surface area contributed by atoms with Gasteiger partial charge in [-0.25, -0.2) is 0 Å². The lowest BCUT2D eigenvalue weighted by molar-refractivity contribution is -0.140. The molecule has 0 bridgehead atoms. The Morgan fingerprint density at radius 2 is 1.68 bits per heavy atom. The maximum atomic E-state index is 13.3. The Balaban J connectivity index is 1.70. The van der Waals surface area contributed by atoms with E-state index in [0.717, 1.165) is 36.0 Å². The number of benzene rings is 2. The van der Waals surface area contributed by atoms with Crippen molar-refractivity contribution in [1.29, 1.82) is 0 Å². The van der Waals surface area contributed by atoms with Crippen LogP contribution in [0.2, 0.25) is 0 Å². The Morgan fingerprint density at radius 1 is 1.03 bits per heavy atom. The van der Waals surface area contributed by atoms with Crippen molar-refractivity contribution >= 4 is 11.8 Å². The molecule has 4 heteroatoms. The summed E-state index contributed by atoms with van der Waals surface area (Å²) in [7, 11) is 0. The van der Waals surface area contributed by atoms with Crippen LogP contribution in [0.5, 0.6) is 0 Å². The summed E-state index contributed by atoms with van der Waals surface area (Å²) in [5.74, 6) is -0.0157. The molecule has 166 valence electrons. The third-order valence-electron chi connectivity index (χ3n) is 6.53. The largest absolute Gasteiger partial charge is 0.352 e. The van der Waals surface area contributed by atoms with E-state index in [-0.39, 0.29) is 17.9 Å². The quantitative estimate of drug-likeness (QED) is 0.623. The topological polar surface area (TPSA) is 49.4 Å².